The van der Waals surface area contributed by atoms with E-state index in [0.29, 0.717) is 6.42 Å². The monoisotopic (exact) mass is 671 g/mol. The lowest BCUT2D eigenvalue weighted by molar-refractivity contribution is -0.365. The van der Waals surface area contributed by atoms with Crippen LogP contribution in [-0.4, -0.2) is 172 Å². The molecular formula is C29H53NO16. The van der Waals surface area contributed by atoms with Crippen molar-refractivity contribution in [2.75, 3.05) is 33.5 Å². The Labute approximate surface area is 268 Å². The fourth-order valence-corrected chi connectivity index (χ4v) is 5.80. The highest BCUT2D eigenvalue weighted by Gasteiger charge is 2.53. The molecule has 270 valence electrons. The summed E-state index contributed by atoms with van der Waals surface area (Å²) < 4.78 is 40.3. The van der Waals surface area contributed by atoms with E-state index in [1.807, 2.05) is 0 Å². The van der Waals surface area contributed by atoms with Crippen LogP contribution >= 0.6 is 0 Å². The number of hydrogen-bond donors (Lipinski definition) is 9. The number of carbonyl (C=O) groups excluding carboxylic acids is 1. The summed E-state index contributed by atoms with van der Waals surface area (Å²) >= 11 is 0. The zero-order chi connectivity index (χ0) is 34.0. The maximum atomic E-state index is 11.9. The van der Waals surface area contributed by atoms with Crippen molar-refractivity contribution in [3.8, 4) is 0 Å². The maximum absolute atomic E-state index is 11.9. The molecule has 9 N–H and O–H groups in total. The Balaban J connectivity index is 1.74. The second-order valence-corrected chi connectivity index (χ2v) is 11.9. The van der Waals surface area contributed by atoms with Crippen molar-refractivity contribution >= 4 is 5.91 Å². The van der Waals surface area contributed by atoms with Crippen LogP contribution in [-0.2, 0) is 38.0 Å². The van der Waals surface area contributed by atoms with Gasteiger partial charge in [-0.05, 0) is 6.42 Å². The van der Waals surface area contributed by atoms with Crippen LogP contribution in [0.4, 0.5) is 0 Å². The van der Waals surface area contributed by atoms with E-state index < -0.39 is 118 Å². The highest BCUT2D eigenvalue weighted by atomic mass is 16.8. The summed E-state index contributed by atoms with van der Waals surface area (Å²) in [6.45, 7) is 1.73. The first-order valence-corrected chi connectivity index (χ1v) is 15.9. The number of amides is 1. The number of aliphatic hydroxyl groups excluding tert-OH is 8. The molecule has 0 bridgehead atoms. The number of methoxy groups -OCH3 is 1. The zero-order valence-corrected chi connectivity index (χ0v) is 26.6. The van der Waals surface area contributed by atoms with Crippen LogP contribution in [0.5, 0.6) is 0 Å². The fourth-order valence-electron chi connectivity index (χ4n) is 5.80. The van der Waals surface area contributed by atoms with Crippen LogP contribution in [0.3, 0.4) is 0 Å². The zero-order valence-electron chi connectivity index (χ0n) is 26.6. The second kappa shape index (κ2) is 19.2. The lowest BCUT2D eigenvalue weighted by Gasteiger charge is -2.48. The molecule has 15 atom stereocenters. The minimum atomic E-state index is -1.63. The Morgan fingerprint density at radius 2 is 1.26 bits per heavy atom. The maximum Gasteiger partial charge on any atom is 0.217 e. The minimum absolute atomic E-state index is 0.254. The van der Waals surface area contributed by atoms with Crippen molar-refractivity contribution in [1.82, 2.24) is 5.32 Å². The van der Waals surface area contributed by atoms with Crippen LogP contribution in [0.1, 0.15) is 52.4 Å². The van der Waals surface area contributed by atoms with Gasteiger partial charge in [0.15, 0.2) is 18.9 Å². The van der Waals surface area contributed by atoms with Gasteiger partial charge in [0.05, 0.1) is 19.8 Å². The van der Waals surface area contributed by atoms with Gasteiger partial charge in [-0.25, -0.2) is 0 Å². The Kier molecular flexibility index (Phi) is 16.4. The van der Waals surface area contributed by atoms with Gasteiger partial charge in [0.25, 0.3) is 0 Å². The second-order valence-electron chi connectivity index (χ2n) is 11.9. The van der Waals surface area contributed by atoms with Gasteiger partial charge in [0, 0.05) is 20.6 Å². The van der Waals surface area contributed by atoms with Crippen LogP contribution in [0.2, 0.25) is 0 Å². The van der Waals surface area contributed by atoms with Gasteiger partial charge in [0.1, 0.15) is 73.2 Å². The number of carbonyl (C=O) groups is 1. The molecule has 0 aromatic carbocycles. The van der Waals surface area contributed by atoms with E-state index in [1.54, 1.807) is 0 Å². The van der Waals surface area contributed by atoms with Crippen molar-refractivity contribution in [3.05, 3.63) is 0 Å². The SMILES string of the molecule is CCCCCCCCO[C@@H]1O[C@H](CO[C@H]2O[C@H](CO)[C@@H](O)[C@H](OC)[C@@H]2O[C@@H]2O[C@H](CO)[C@@H](O)[C@H](O)[C@H]2NC(C)=O)[C@@H](O)[C@H](O)[C@H]1O. The molecule has 0 spiro atoms. The summed E-state index contributed by atoms with van der Waals surface area (Å²) in [4.78, 5) is 11.9. The summed E-state index contributed by atoms with van der Waals surface area (Å²) in [6, 6.07) is -1.34. The number of hydrogen-bond acceptors (Lipinski definition) is 16. The molecule has 3 saturated heterocycles. The van der Waals surface area contributed by atoms with Crippen LogP contribution in [0.15, 0.2) is 0 Å². The predicted octanol–water partition coefficient (Wildman–Crippen LogP) is -3.39. The Hall–Kier alpha value is -1.13. The summed E-state index contributed by atoms with van der Waals surface area (Å²) in [7, 11) is 1.25. The molecule has 3 rings (SSSR count). The molecule has 46 heavy (non-hydrogen) atoms. The predicted molar refractivity (Wildman–Crippen MR) is 155 cm³/mol. The summed E-state index contributed by atoms with van der Waals surface area (Å²) in [5.41, 5.74) is 0. The van der Waals surface area contributed by atoms with Gasteiger partial charge in [0.2, 0.25) is 5.91 Å². The topological polar surface area (TPSA) is 256 Å². The first-order valence-electron chi connectivity index (χ1n) is 15.9. The molecule has 3 heterocycles. The van der Waals surface area contributed by atoms with E-state index in [9.17, 15) is 45.6 Å². The van der Waals surface area contributed by atoms with Crippen molar-refractivity contribution in [3.63, 3.8) is 0 Å². The van der Waals surface area contributed by atoms with E-state index in [0.717, 1.165) is 32.1 Å². The van der Waals surface area contributed by atoms with Gasteiger partial charge in [-0.1, -0.05) is 39.0 Å². The average Bonchev–Trinajstić information content (AvgIpc) is 3.03. The van der Waals surface area contributed by atoms with Gasteiger partial charge >= 0.3 is 0 Å². The molecule has 0 unspecified atom stereocenters. The van der Waals surface area contributed by atoms with Crippen molar-refractivity contribution in [1.29, 1.82) is 0 Å². The average molecular weight is 672 g/mol. The Morgan fingerprint density at radius 3 is 1.89 bits per heavy atom. The number of rotatable bonds is 17. The highest BCUT2D eigenvalue weighted by molar-refractivity contribution is 5.73. The Morgan fingerprint density at radius 1 is 0.674 bits per heavy atom. The number of nitrogens with one attached hydrogen (secondary N) is 1. The number of aliphatic hydroxyl groups is 8. The first-order chi connectivity index (χ1) is 22.0. The standard InChI is InChI=1S/C29H53NO16/c1-4-5-6-7-8-9-10-41-28-24(39)23(38)20(35)17(45-28)13-42-29-26(25(40-3)21(36)16(12-32)44-29)46-27-18(30-14(2)33)22(37)19(34)15(11-31)43-27/h15-29,31-32,34-39H,4-13H2,1-3H3,(H,30,33)/t15-,16-,17-,18-,19-,20-,21-,22-,23+,24-,25+,26+,27+,28-,29+/m1/s1. The van der Waals surface area contributed by atoms with Crippen LogP contribution in [0.25, 0.3) is 0 Å². The van der Waals surface area contributed by atoms with Crippen LogP contribution < -0.4 is 5.32 Å². The molecular weight excluding hydrogens is 618 g/mol. The van der Waals surface area contributed by atoms with Gasteiger partial charge in [-0.3, -0.25) is 4.79 Å². The van der Waals surface area contributed by atoms with Gasteiger partial charge in [-0.15, -0.1) is 0 Å². The van der Waals surface area contributed by atoms with Crippen molar-refractivity contribution in [2.24, 2.45) is 0 Å². The molecule has 0 saturated carbocycles. The normalized spacial score (nSPS) is 41.8. The molecule has 0 aromatic heterocycles. The molecule has 17 heteroatoms. The molecule has 17 nitrogen and oxygen atoms in total. The van der Waals surface area contributed by atoms with Crippen molar-refractivity contribution in [2.45, 2.75) is 144 Å². The third-order valence-corrected chi connectivity index (χ3v) is 8.49. The fraction of sp³-hybridized carbons (Fsp3) is 0.966. The summed E-state index contributed by atoms with van der Waals surface area (Å²) in [5.74, 6) is -0.593. The highest BCUT2D eigenvalue weighted by Crippen LogP contribution is 2.32. The number of ether oxygens (including phenoxy) is 7. The lowest BCUT2D eigenvalue weighted by atomic mass is 9.95. The molecule has 3 aliphatic heterocycles. The molecule has 3 aliphatic rings. The van der Waals surface area contributed by atoms with Crippen LogP contribution in [0, 0.1) is 0 Å². The Bertz CT molecular complexity index is 888. The van der Waals surface area contributed by atoms with Gasteiger partial charge in [-0.2, -0.15) is 0 Å². The molecule has 1 amide bonds. The van der Waals surface area contributed by atoms with Crippen molar-refractivity contribution < 1.29 is 78.8 Å². The lowest BCUT2D eigenvalue weighted by Crippen LogP contribution is -2.68. The van der Waals surface area contributed by atoms with E-state index >= 15 is 0 Å². The summed E-state index contributed by atoms with van der Waals surface area (Å²) in [5, 5.41) is 85.5. The molecule has 0 aliphatic carbocycles. The van der Waals surface area contributed by atoms with E-state index in [4.69, 9.17) is 33.2 Å². The van der Waals surface area contributed by atoms with E-state index in [1.165, 1.54) is 14.0 Å². The number of unbranched alkanes of at least 4 members (excludes halogenated alkanes) is 5. The first kappa shape index (κ1) is 39.3. The molecule has 0 aromatic rings. The molecule has 3 fully saturated rings. The van der Waals surface area contributed by atoms with E-state index in [2.05, 4.69) is 12.2 Å². The quantitative estimate of drug-likeness (QED) is 0.0683. The minimum Gasteiger partial charge on any atom is -0.394 e. The van der Waals surface area contributed by atoms with E-state index in [-0.39, 0.29) is 6.61 Å². The van der Waals surface area contributed by atoms with Gasteiger partial charge < -0.3 is 79.3 Å². The third-order valence-electron chi connectivity index (χ3n) is 8.49. The largest absolute Gasteiger partial charge is 0.394 e. The summed E-state index contributed by atoms with van der Waals surface area (Å²) in [6.07, 6.45) is -14.0. The third kappa shape index (κ3) is 9.96. The smallest absolute Gasteiger partial charge is 0.217 e. The molecule has 0 radical (unpaired) electrons.